The van der Waals surface area contributed by atoms with Crippen LogP contribution in [0.4, 0.5) is 0 Å². The van der Waals surface area contributed by atoms with Gasteiger partial charge in [0.15, 0.2) is 0 Å². The van der Waals surface area contributed by atoms with Gasteiger partial charge < -0.3 is 15.7 Å². The van der Waals surface area contributed by atoms with E-state index >= 15 is 0 Å². The second-order valence-corrected chi connectivity index (χ2v) is 5.10. The molecule has 2 amide bonds. The van der Waals surface area contributed by atoms with E-state index in [-0.39, 0.29) is 18.4 Å². The van der Waals surface area contributed by atoms with Gasteiger partial charge in [0.1, 0.15) is 0 Å². The topological polar surface area (TPSA) is 78.4 Å². The summed E-state index contributed by atoms with van der Waals surface area (Å²) in [5.41, 5.74) is 0.492. The molecule has 5 nitrogen and oxygen atoms in total. The van der Waals surface area contributed by atoms with Crippen molar-refractivity contribution in [2.45, 2.75) is 19.4 Å². The summed E-state index contributed by atoms with van der Waals surface area (Å²) in [7, 11) is 0. The molecule has 0 aliphatic heterocycles. The van der Waals surface area contributed by atoms with Gasteiger partial charge in [-0.05, 0) is 31.5 Å². The zero-order valence-corrected chi connectivity index (χ0v) is 12.2. The first kappa shape index (κ1) is 15.7. The lowest BCUT2D eigenvalue weighted by atomic mass is 10.2. The monoisotopic (exact) mass is 328 g/mol. The molecule has 6 heteroatoms. The van der Waals surface area contributed by atoms with Crippen molar-refractivity contribution >= 4 is 27.7 Å². The van der Waals surface area contributed by atoms with Crippen LogP contribution < -0.4 is 10.6 Å². The highest BCUT2D eigenvalue weighted by molar-refractivity contribution is 9.10. The third-order valence-corrected chi connectivity index (χ3v) is 2.87. The van der Waals surface area contributed by atoms with E-state index in [1.807, 2.05) is 6.07 Å². The van der Waals surface area contributed by atoms with E-state index in [0.29, 0.717) is 18.5 Å². The summed E-state index contributed by atoms with van der Waals surface area (Å²) in [5, 5.41) is 14.2. The van der Waals surface area contributed by atoms with Crippen molar-refractivity contribution in [3.05, 3.63) is 34.3 Å². The number of rotatable bonds is 6. The Balaban J connectivity index is 2.32. The molecule has 0 radical (unpaired) electrons. The van der Waals surface area contributed by atoms with Crippen molar-refractivity contribution in [3.63, 3.8) is 0 Å². The highest BCUT2D eigenvalue weighted by Gasteiger charge is 2.08. The quantitative estimate of drug-likeness (QED) is 0.730. The Morgan fingerprint density at radius 3 is 2.74 bits per heavy atom. The smallest absolute Gasteiger partial charge is 0.251 e. The number of carbonyl (C=O) groups is 2. The van der Waals surface area contributed by atoms with Gasteiger partial charge in [0.2, 0.25) is 5.91 Å². The lowest BCUT2D eigenvalue weighted by molar-refractivity contribution is -0.120. The van der Waals surface area contributed by atoms with E-state index < -0.39 is 6.10 Å². The first-order valence-electron chi connectivity index (χ1n) is 5.97. The van der Waals surface area contributed by atoms with Crippen molar-refractivity contribution in [2.75, 3.05) is 13.1 Å². The van der Waals surface area contributed by atoms with E-state index in [1.165, 1.54) is 0 Å². The molecule has 0 saturated carbocycles. The van der Waals surface area contributed by atoms with Crippen molar-refractivity contribution in [2.24, 2.45) is 0 Å². The molecule has 0 saturated heterocycles. The molecule has 0 fully saturated rings. The van der Waals surface area contributed by atoms with Gasteiger partial charge in [0.25, 0.3) is 5.91 Å². The fourth-order valence-electron chi connectivity index (χ4n) is 1.38. The minimum atomic E-state index is -0.448. The fourth-order valence-corrected chi connectivity index (χ4v) is 1.77. The molecular weight excluding hydrogens is 312 g/mol. The molecule has 0 bridgehead atoms. The first-order chi connectivity index (χ1) is 8.99. The first-order valence-corrected chi connectivity index (χ1v) is 6.77. The Kier molecular flexibility index (Phi) is 6.52. The molecule has 1 aromatic carbocycles. The second-order valence-electron chi connectivity index (χ2n) is 4.18. The largest absolute Gasteiger partial charge is 0.393 e. The summed E-state index contributed by atoms with van der Waals surface area (Å²) in [6.07, 6.45) is 0.0438. The number of aliphatic hydroxyl groups is 1. The average Bonchev–Trinajstić information content (AvgIpc) is 2.35. The van der Waals surface area contributed by atoms with Gasteiger partial charge in [-0.3, -0.25) is 9.59 Å². The number of nitrogens with one attached hydrogen (secondary N) is 2. The molecule has 0 aliphatic rings. The van der Waals surface area contributed by atoms with Crippen LogP contribution in [0, 0.1) is 0 Å². The van der Waals surface area contributed by atoms with Gasteiger partial charge in [0.05, 0.1) is 12.6 Å². The van der Waals surface area contributed by atoms with Crippen LogP contribution in [0.25, 0.3) is 0 Å². The van der Waals surface area contributed by atoms with Crippen LogP contribution in [0.1, 0.15) is 23.7 Å². The molecular formula is C13H17BrN2O3. The highest BCUT2D eigenvalue weighted by Crippen LogP contribution is 2.11. The lowest BCUT2D eigenvalue weighted by Gasteiger charge is -2.08. The minimum absolute atomic E-state index is 0.0782. The van der Waals surface area contributed by atoms with Crippen LogP contribution in [0.5, 0.6) is 0 Å². The molecule has 1 atom stereocenters. The zero-order valence-electron chi connectivity index (χ0n) is 10.6. The van der Waals surface area contributed by atoms with Crippen molar-refractivity contribution in [1.29, 1.82) is 0 Å². The maximum absolute atomic E-state index is 11.7. The SMILES string of the molecule is CC(O)CCNC(=O)CNC(=O)c1cccc(Br)c1. The molecule has 1 unspecified atom stereocenters. The van der Waals surface area contributed by atoms with Gasteiger partial charge in [-0.15, -0.1) is 0 Å². The number of hydrogen-bond donors (Lipinski definition) is 3. The van der Waals surface area contributed by atoms with Crippen LogP contribution in [-0.4, -0.2) is 36.1 Å². The number of amides is 2. The zero-order chi connectivity index (χ0) is 14.3. The van der Waals surface area contributed by atoms with Crippen LogP contribution in [0.2, 0.25) is 0 Å². The van der Waals surface area contributed by atoms with Gasteiger partial charge in [0, 0.05) is 16.6 Å². The van der Waals surface area contributed by atoms with Crippen molar-refractivity contribution in [3.8, 4) is 0 Å². The van der Waals surface area contributed by atoms with Crippen molar-refractivity contribution in [1.82, 2.24) is 10.6 Å². The molecule has 104 valence electrons. The van der Waals surface area contributed by atoms with Crippen LogP contribution in [-0.2, 0) is 4.79 Å². The van der Waals surface area contributed by atoms with Crippen LogP contribution >= 0.6 is 15.9 Å². The van der Waals surface area contributed by atoms with Crippen LogP contribution in [0.15, 0.2) is 28.7 Å². The fraction of sp³-hybridized carbons (Fsp3) is 0.385. The van der Waals surface area contributed by atoms with Crippen molar-refractivity contribution < 1.29 is 14.7 Å². The number of carbonyl (C=O) groups excluding carboxylic acids is 2. The highest BCUT2D eigenvalue weighted by atomic mass is 79.9. The number of benzene rings is 1. The van der Waals surface area contributed by atoms with Gasteiger partial charge in [-0.25, -0.2) is 0 Å². The Labute approximate surface area is 120 Å². The molecule has 0 spiro atoms. The maximum atomic E-state index is 11.7. The van der Waals surface area contributed by atoms with Gasteiger partial charge in [-0.2, -0.15) is 0 Å². The Bertz CT molecular complexity index is 449. The van der Waals surface area contributed by atoms with E-state index in [2.05, 4.69) is 26.6 Å². The number of aliphatic hydroxyl groups excluding tert-OH is 1. The Morgan fingerprint density at radius 1 is 1.37 bits per heavy atom. The normalized spacial score (nSPS) is 11.7. The maximum Gasteiger partial charge on any atom is 0.251 e. The summed E-state index contributed by atoms with van der Waals surface area (Å²) in [6.45, 7) is 1.97. The van der Waals surface area contributed by atoms with Gasteiger partial charge >= 0.3 is 0 Å². The summed E-state index contributed by atoms with van der Waals surface area (Å²) in [5.74, 6) is -0.573. The number of hydrogen-bond acceptors (Lipinski definition) is 3. The van der Waals surface area contributed by atoms with Crippen LogP contribution in [0.3, 0.4) is 0 Å². The number of halogens is 1. The molecule has 3 N–H and O–H groups in total. The standard InChI is InChI=1S/C13H17BrN2O3/c1-9(17)5-6-15-12(18)8-16-13(19)10-3-2-4-11(14)7-10/h2-4,7,9,17H,5-6,8H2,1H3,(H,15,18)(H,16,19). The van der Waals surface area contributed by atoms with E-state index in [1.54, 1.807) is 25.1 Å². The summed E-state index contributed by atoms with van der Waals surface area (Å²) < 4.78 is 0.807. The average molecular weight is 329 g/mol. The molecule has 0 aliphatic carbocycles. The summed E-state index contributed by atoms with van der Waals surface area (Å²) in [4.78, 5) is 23.1. The third kappa shape index (κ3) is 6.35. The minimum Gasteiger partial charge on any atom is -0.393 e. The Morgan fingerprint density at radius 2 is 2.11 bits per heavy atom. The molecule has 0 heterocycles. The second kappa shape index (κ2) is 7.91. The molecule has 1 aromatic rings. The summed E-state index contributed by atoms with van der Waals surface area (Å²) >= 11 is 3.28. The van der Waals surface area contributed by atoms with E-state index in [9.17, 15) is 9.59 Å². The molecule has 19 heavy (non-hydrogen) atoms. The van der Waals surface area contributed by atoms with E-state index in [0.717, 1.165) is 4.47 Å². The predicted molar refractivity (Wildman–Crippen MR) is 75.8 cm³/mol. The Hall–Kier alpha value is -1.40. The molecule has 0 aromatic heterocycles. The predicted octanol–water partition coefficient (Wildman–Crippen LogP) is 1.07. The summed E-state index contributed by atoms with van der Waals surface area (Å²) in [6, 6.07) is 6.92. The third-order valence-electron chi connectivity index (χ3n) is 2.38. The van der Waals surface area contributed by atoms with E-state index in [4.69, 9.17) is 5.11 Å². The van der Waals surface area contributed by atoms with Gasteiger partial charge in [-0.1, -0.05) is 22.0 Å². The lowest BCUT2D eigenvalue weighted by Crippen LogP contribution is -2.37. The molecule has 1 rings (SSSR count).